The fourth-order valence-corrected chi connectivity index (χ4v) is 3.88. The maximum Gasteiger partial charge on any atom is 0.133 e. The lowest BCUT2D eigenvalue weighted by molar-refractivity contribution is 0.293. The van der Waals surface area contributed by atoms with Gasteiger partial charge in [0.1, 0.15) is 24.7 Å². The van der Waals surface area contributed by atoms with E-state index < -0.39 is 0 Å². The van der Waals surface area contributed by atoms with Crippen molar-refractivity contribution in [3.05, 3.63) is 90.0 Å². The van der Waals surface area contributed by atoms with Crippen molar-refractivity contribution >= 4 is 11.8 Å². The van der Waals surface area contributed by atoms with E-state index in [9.17, 15) is 0 Å². The predicted octanol–water partition coefficient (Wildman–Crippen LogP) is 5.49. The standard InChI is InChI=1S/C21H18O2S/c1-3-7-16(8-4-1)14-22-18-11-12-19-20(13-18)24-21(15-23-19)17-9-5-2-6-10-17/h1-13,21H,14-15H2/t21-/m0/s1. The van der Waals surface area contributed by atoms with E-state index in [0.717, 1.165) is 16.4 Å². The Labute approximate surface area is 146 Å². The first-order chi connectivity index (χ1) is 11.9. The fraction of sp³-hybridized carbons (Fsp3) is 0.143. The molecule has 0 saturated heterocycles. The molecule has 120 valence electrons. The van der Waals surface area contributed by atoms with Gasteiger partial charge >= 0.3 is 0 Å². The molecule has 0 spiro atoms. The SMILES string of the molecule is c1ccc(COc2ccc3c(c2)S[C@H](c2ccccc2)CO3)cc1. The minimum atomic E-state index is 0.322. The van der Waals surface area contributed by atoms with Gasteiger partial charge in [0.15, 0.2) is 0 Å². The number of fused-ring (bicyclic) bond motifs is 1. The zero-order chi connectivity index (χ0) is 16.2. The molecule has 0 unspecified atom stereocenters. The molecule has 3 heteroatoms. The van der Waals surface area contributed by atoms with Gasteiger partial charge in [-0.1, -0.05) is 60.7 Å². The Morgan fingerprint density at radius 1 is 0.917 bits per heavy atom. The molecule has 0 fully saturated rings. The van der Waals surface area contributed by atoms with Crippen LogP contribution in [0.2, 0.25) is 0 Å². The van der Waals surface area contributed by atoms with E-state index in [-0.39, 0.29) is 0 Å². The molecular formula is C21H18O2S. The lowest BCUT2D eigenvalue weighted by Crippen LogP contribution is -2.12. The molecule has 0 aromatic heterocycles. The molecular weight excluding hydrogens is 316 g/mol. The molecule has 0 saturated carbocycles. The number of rotatable bonds is 4. The van der Waals surface area contributed by atoms with Gasteiger partial charge in [-0.05, 0) is 29.3 Å². The van der Waals surface area contributed by atoms with Gasteiger partial charge in [0, 0.05) is 0 Å². The van der Waals surface area contributed by atoms with E-state index in [1.807, 2.05) is 48.2 Å². The van der Waals surface area contributed by atoms with Gasteiger partial charge in [-0.15, -0.1) is 11.8 Å². The smallest absolute Gasteiger partial charge is 0.133 e. The Kier molecular flexibility index (Phi) is 4.43. The quantitative estimate of drug-likeness (QED) is 0.628. The number of thioether (sulfide) groups is 1. The van der Waals surface area contributed by atoms with E-state index in [0.29, 0.717) is 18.5 Å². The number of hydrogen-bond donors (Lipinski definition) is 0. The summed E-state index contributed by atoms with van der Waals surface area (Å²) in [5, 5.41) is 0.322. The van der Waals surface area contributed by atoms with Gasteiger partial charge in [-0.3, -0.25) is 0 Å². The highest BCUT2D eigenvalue weighted by molar-refractivity contribution is 7.99. The predicted molar refractivity (Wildman–Crippen MR) is 97.8 cm³/mol. The first-order valence-electron chi connectivity index (χ1n) is 8.04. The van der Waals surface area contributed by atoms with Crippen molar-refractivity contribution in [3.63, 3.8) is 0 Å². The van der Waals surface area contributed by atoms with Crippen LogP contribution in [0.1, 0.15) is 16.4 Å². The average molecular weight is 334 g/mol. The molecule has 0 N–H and O–H groups in total. The molecule has 1 atom stereocenters. The normalized spacial score (nSPS) is 16.1. The van der Waals surface area contributed by atoms with Gasteiger partial charge in [0.25, 0.3) is 0 Å². The second-order valence-electron chi connectivity index (χ2n) is 5.71. The van der Waals surface area contributed by atoms with Gasteiger partial charge in [0.05, 0.1) is 10.1 Å². The average Bonchev–Trinajstić information content (AvgIpc) is 2.67. The van der Waals surface area contributed by atoms with Gasteiger partial charge < -0.3 is 9.47 Å². The second kappa shape index (κ2) is 7.02. The summed E-state index contributed by atoms with van der Waals surface area (Å²) in [5.41, 5.74) is 2.46. The van der Waals surface area contributed by atoms with Crippen LogP contribution in [0.15, 0.2) is 83.8 Å². The summed E-state index contributed by atoms with van der Waals surface area (Å²) in [6.45, 7) is 1.28. The van der Waals surface area contributed by atoms with Crippen molar-refractivity contribution in [1.82, 2.24) is 0 Å². The topological polar surface area (TPSA) is 18.5 Å². The zero-order valence-electron chi connectivity index (χ0n) is 13.2. The van der Waals surface area contributed by atoms with Crippen molar-refractivity contribution in [3.8, 4) is 11.5 Å². The third-order valence-electron chi connectivity index (χ3n) is 3.99. The van der Waals surface area contributed by atoms with Crippen molar-refractivity contribution < 1.29 is 9.47 Å². The Hall–Kier alpha value is -2.39. The minimum Gasteiger partial charge on any atom is -0.491 e. The van der Waals surface area contributed by atoms with E-state index in [1.54, 1.807) is 0 Å². The molecule has 4 rings (SSSR count). The summed E-state index contributed by atoms with van der Waals surface area (Å²) >= 11 is 1.84. The lowest BCUT2D eigenvalue weighted by Gasteiger charge is -2.25. The Morgan fingerprint density at radius 2 is 1.67 bits per heavy atom. The third kappa shape index (κ3) is 3.41. The van der Waals surface area contributed by atoms with E-state index >= 15 is 0 Å². The summed E-state index contributed by atoms with van der Waals surface area (Å²) in [6, 6.07) is 26.8. The van der Waals surface area contributed by atoms with E-state index in [2.05, 4.69) is 42.5 Å². The van der Waals surface area contributed by atoms with Crippen molar-refractivity contribution in [2.45, 2.75) is 16.8 Å². The monoisotopic (exact) mass is 334 g/mol. The van der Waals surface area contributed by atoms with Gasteiger partial charge in [0.2, 0.25) is 0 Å². The molecule has 24 heavy (non-hydrogen) atoms. The number of ether oxygens (including phenoxy) is 2. The Morgan fingerprint density at radius 3 is 2.46 bits per heavy atom. The van der Waals surface area contributed by atoms with Crippen LogP contribution in [0.3, 0.4) is 0 Å². The zero-order valence-corrected chi connectivity index (χ0v) is 14.0. The first kappa shape index (κ1) is 15.2. The molecule has 3 aromatic rings. The maximum atomic E-state index is 5.93. The molecule has 0 amide bonds. The second-order valence-corrected chi connectivity index (χ2v) is 6.96. The molecule has 0 radical (unpaired) electrons. The van der Waals surface area contributed by atoms with Crippen molar-refractivity contribution in [2.24, 2.45) is 0 Å². The van der Waals surface area contributed by atoms with Crippen molar-refractivity contribution in [1.29, 1.82) is 0 Å². The van der Waals surface area contributed by atoms with Crippen LogP contribution in [0.25, 0.3) is 0 Å². The van der Waals surface area contributed by atoms with Crippen molar-refractivity contribution in [2.75, 3.05) is 6.61 Å². The Balaban J connectivity index is 1.48. The largest absolute Gasteiger partial charge is 0.491 e. The molecule has 2 nitrogen and oxygen atoms in total. The van der Waals surface area contributed by atoms with E-state index in [1.165, 1.54) is 11.1 Å². The molecule has 1 heterocycles. The van der Waals surface area contributed by atoms with Crippen LogP contribution in [-0.4, -0.2) is 6.61 Å². The fourth-order valence-electron chi connectivity index (χ4n) is 2.72. The maximum absolute atomic E-state index is 5.93. The summed E-state index contributed by atoms with van der Waals surface area (Å²) in [4.78, 5) is 1.14. The molecule has 1 aliphatic rings. The van der Waals surface area contributed by atoms with Crippen LogP contribution in [0.5, 0.6) is 11.5 Å². The highest BCUT2D eigenvalue weighted by Crippen LogP contribution is 2.45. The molecule has 1 aliphatic heterocycles. The molecule has 0 aliphatic carbocycles. The first-order valence-corrected chi connectivity index (χ1v) is 8.91. The summed E-state index contributed by atoms with van der Waals surface area (Å²) in [6.07, 6.45) is 0. The van der Waals surface area contributed by atoms with Gasteiger partial charge in [-0.2, -0.15) is 0 Å². The van der Waals surface area contributed by atoms with Crippen LogP contribution >= 0.6 is 11.8 Å². The highest BCUT2D eigenvalue weighted by Gasteiger charge is 2.22. The Bertz CT molecular complexity index is 803. The summed E-state index contributed by atoms with van der Waals surface area (Å²) in [7, 11) is 0. The molecule has 0 bridgehead atoms. The minimum absolute atomic E-state index is 0.322. The van der Waals surface area contributed by atoms with Crippen LogP contribution in [-0.2, 0) is 6.61 Å². The number of benzene rings is 3. The van der Waals surface area contributed by atoms with Crippen LogP contribution in [0.4, 0.5) is 0 Å². The van der Waals surface area contributed by atoms with Crippen LogP contribution in [0, 0.1) is 0 Å². The summed E-state index contributed by atoms with van der Waals surface area (Å²) in [5.74, 6) is 1.82. The lowest BCUT2D eigenvalue weighted by atomic mass is 10.1. The number of hydrogen-bond acceptors (Lipinski definition) is 3. The molecule has 3 aromatic carbocycles. The highest BCUT2D eigenvalue weighted by atomic mass is 32.2. The van der Waals surface area contributed by atoms with E-state index in [4.69, 9.17) is 9.47 Å². The van der Waals surface area contributed by atoms with Crippen LogP contribution < -0.4 is 9.47 Å². The summed E-state index contributed by atoms with van der Waals surface area (Å²) < 4.78 is 11.9. The third-order valence-corrected chi connectivity index (χ3v) is 5.26. The van der Waals surface area contributed by atoms with Gasteiger partial charge in [-0.25, -0.2) is 0 Å².